The minimum Gasteiger partial charge on any atom is -0.368 e. The average Bonchev–Trinajstić information content (AvgIpc) is 3.25. The fraction of sp³-hybridized carbons (Fsp3) is 0.531. The van der Waals surface area contributed by atoms with E-state index in [0.717, 1.165) is 76.6 Å². The fourth-order valence-electron chi connectivity index (χ4n) is 6.36. The molecule has 5 rings (SSSR count). The van der Waals surface area contributed by atoms with Crippen molar-refractivity contribution in [2.45, 2.75) is 76.3 Å². The van der Waals surface area contributed by atoms with Crippen LogP contribution in [0.4, 0.5) is 11.4 Å². The Bertz CT molecular complexity index is 1170. The van der Waals surface area contributed by atoms with Crippen LogP contribution in [0.5, 0.6) is 0 Å². The highest BCUT2D eigenvalue weighted by atomic mass is 16.2. The van der Waals surface area contributed by atoms with Crippen molar-refractivity contribution >= 4 is 29.1 Å². The number of nitrogens with zero attached hydrogens (tertiary/aromatic N) is 2. The molecule has 4 N–H and O–H groups in total. The zero-order chi connectivity index (χ0) is 27.9. The molecule has 2 aromatic carbocycles. The monoisotopic (exact) mass is 545 g/mol. The maximum atomic E-state index is 13.2. The highest BCUT2D eigenvalue weighted by Crippen LogP contribution is 2.31. The molecule has 1 heterocycles. The quantitative estimate of drug-likeness (QED) is 0.493. The van der Waals surface area contributed by atoms with Gasteiger partial charge >= 0.3 is 0 Å². The molecule has 2 aliphatic carbocycles. The summed E-state index contributed by atoms with van der Waals surface area (Å²) in [4.78, 5) is 43.9. The van der Waals surface area contributed by atoms with Gasteiger partial charge in [-0.3, -0.25) is 14.4 Å². The topological polar surface area (TPSA) is 108 Å². The van der Waals surface area contributed by atoms with Crippen LogP contribution in [0.15, 0.2) is 48.5 Å². The summed E-state index contributed by atoms with van der Waals surface area (Å²) in [6.45, 7) is 2.87. The minimum atomic E-state index is -0.218. The molecule has 2 saturated carbocycles. The van der Waals surface area contributed by atoms with Gasteiger partial charge in [-0.1, -0.05) is 37.5 Å². The highest BCUT2D eigenvalue weighted by molar-refractivity contribution is 6.07. The fourth-order valence-corrected chi connectivity index (χ4v) is 6.36. The van der Waals surface area contributed by atoms with Gasteiger partial charge in [0.25, 0.3) is 11.8 Å². The van der Waals surface area contributed by atoms with Crippen molar-refractivity contribution in [3.63, 3.8) is 0 Å². The van der Waals surface area contributed by atoms with Gasteiger partial charge in [-0.2, -0.15) is 0 Å². The Balaban J connectivity index is 1.33. The van der Waals surface area contributed by atoms with Gasteiger partial charge in [-0.05, 0) is 75.3 Å². The molecule has 3 amide bonds. The molecule has 3 aliphatic rings. The first-order valence-electron chi connectivity index (χ1n) is 15.1. The van der Waals surface area contributed by atoms with E-state index in [2.05, 4.69) is 15.5 Å². The summed E-state index contributed by atoms with van der Waals surface area (Å²) in [5.74, 6) is 0.112. The minimum absolute atomic E-state index is 0.118. The number of carbonyl (C=O) groups is 3. The lowest BCUT2D eigenvalue weighted by atomic mass is 9.88. The number of nitrogens with two attached hydrogens (primary N) is 1. The largest absolute Gasteiger partial charge is 0.368 e. The lowest BCUT2D eigenvalue weighted by Crippen LogP contribution is -2.40. The first-order valence-corrected chi connectivity index (χ1v) is 15.1. The number of hydrogen-bond donors (Lipinski definition) is 3. The Hall–Kier alpha value is -3.39. The second-order valence-electron chi connectivity index (χ2n) is 11.6. The van der Waals surface area contributed by atoms with Crippen LogP contribution in [0.25, 0.3) is 0 Å². The Morgan fingerprint density at radius 1 is 0.725 bits per heavy atom. The molecule has 0 aromatic heterocycles. The van der Waals surface area contributed by atoms with Gasteiger partial charge in [-0.15, -0.1) is 0 Å². The number of benzene rings is 2. The molecular weight excluding hydrogens is 502 g/mol. The summed E-state index contributed by atoms with van der Waals surface area (Å²) < 4.78 is 0. The summed E-state index contributed by atoms with van der Waals surface area (Å²) in [7, 11) is 0. The van der Waals surface area contributed by atoms with E-state index < -0.39 is 0 Å². The number of hydrogen-bond acceptors (Lipinski definition) is 5. The maximum Gasteiger partial charge on any atom is 0.255 e. The van der Waals surface area contributed by atoms with Crippen molar-refractivity contribution in [3.05, 3.63) is 59.7 Å². The van der Waals surface area contributed by atoms with Crippen molar-refractivity contribution in [1.82, 2.24) is 10.2 Å². The van der Waals surface area contributed by atoms with Crippen LogP contribution in [-0.4, -0.2) is 60.9 Å². The Morgan fingerprint density at radius 3 is 2.23 bits per heavy atom. The summed E-state index contributed by atoms with van der Waals surface area (Å²) >= 11 is 0. The lowest BCUT2D eigenvalue weighted by molar-refractivity contribution is -0.136. The average molecular weight is 546 g/mol. The van der Waals surface area contributed by atoms with Gasteiger partial charge in [0.1, 0.15) is 0 Å². The lowest BCUT2D eigenvalue weighted by Gasteiger charge is -2.29. The molecule has 2 aromatic rings. The molecule has 0 atom stereocenters. The van der Waals surface area contributed by atoms with Crippen LogP contribution in [0.1, 0.15) is 84.9 Å². The molecule has 0 bridgehead atoms. The molecule has 1 saturated heterocycles. The maximum absolute atomic E-state index is 13.2. The summed E-state index contributed by atoms with van der Waals surface area (Å²) in [6.07, 6.45) is 9.99. The van der Waals surface area contributed by atoms with Crippen LogP contribution in [0, 0.1) is 5.92 Å². The summed E-state index contributed by atoms with van der Waals surface area (Å²) in [6, 6.07) is 15.0. The molecule has 40 heavy (non-hydrogen) atoms. The van der Waals surface area contributed by atoms with E-state index in [4.69, 9.17) is 5.73 Å². The van der Waals surface area contributed by atoms with Crippen LogP contribution in [-0.2, 0) is 4.79 Å². The van der Waals surface area contributed by atoms with E-state index in [1.165, 1.54) is 6.42 Å². The van der Waals surface area contributed by atoms with Crippen molar-refractivity contribution in [3.8, 4) is 0 Å². The second-order valence-corrected chi connectivity index (χ2v) is 11.6. The second kappa shape index (κ2) is 13.3. The van der Waals surface area contributed by atoms with Crippen molar-refractivity contribution in [2.75, 3.05) is 36.4 Å². The number of nitrogens with one attached hydrogen (secondary N) is 2. The molecule has 0 unspecified atom stereocenters. The van der Waals surface area contributed by atoms with E-state index in [0.29, 0.717) is 35.8 Å². The number of anilines is 2. The third-order valence-corrected chi connectivity index (χ3v) is 8.75. The Morgan fingerprint density at radius 2 is 1.48 bits per heavy atom. The third kappa shape index (κ3) is 7.02. The van der Waals surface area contributed by atoms with Crippen molar-refractivity contribution in [1.29, 1.82) is 0 Å². The SMILES string of the molecule is NC1CCC(NC(=O)c2ccc(N3CCCN(C(=O)C4CCCCC4)CC3)c(NC(=O)c3ccccc3)c2)CC1. The Kier molecular flexibility index (Phi) is 9.37. The van der Waals surface area contributed by atoms with Crippen LogP contribution >= 0.6 is 0 Å². The molecule has 214 valence electrons. The standard InChI is InChI=1S/C32H43N5O3/c33-26-13-15-27(16-14-26)34-31(39)25-12-17-29(28(22-25)35-30(38)23-8-3-1-4-9-23)36-18-7-19-37(21-20-36)32(40)24-10-5-2-6-11-24/h1,3-4,8-9,12,17,22,24,26-27H,2,5-7,10-11,13-16,18-21,33H2,(H,34,39)(H,35,38). The van der Waals surface area contributed by atoms with Crippen molar-refractivity contribution < 1.29 is 14.4 Å². The first kappa shape index (κ1) is 28.1. The van der Waals surface area contributed by atoms with Crippen LogP contribution < -0.4 is 21.3 Å². The van der Waals surface area contributed by atoms with Gasteiger partial charge in [-0.25, -0.2) is 0 Å². The molecular formula is C32H43N5O3. The Labute approximate surface area is 237 Å². The molecule has 3 fully saturated rings. The molecule has 0 radical (unpaired) electrons. The zero-order valence-electron chi connectivity index (χ0n) is 23.4. The molecule has 8 nitrogen and oxygen atoms in total. The van der Waals surface area contributed by atoms with Gasteiger partial charge in [0.05, 0.1) is 11.4 Å². The van der Waals surface area contributed by atoms with Crippen LogP contribution in [0.3, 0.4) is 0 Å². The molecule has 8 heteroatoms. The number of amides is 3. The van der Waals surface area contributed by atoms with Crippen molar-refractivity contribution in [2.24, 2.45) is 11.7 Å². The zero-order valence-corrected chi connectivity index (χ0v) is 23.4. The molecule has 1 aliphatic heterocycles. The predicted molar refractivity (Wildman–Crippen MR) is 159 cm³/mol. The third-order valence-electron chi connectivity index (χ3n) is 8.75. The molecule has 0 spiro atoms. The van der Waals surface area contributed by atoms with Gasteiger partial charge in [0.2, 0.25) is 5.91 Å². The smallest absolute Gasteiger partial charge is 0.255 e. The van der Waals surface area contributed by atoms with Gasteiger partial charge in [0, 0.05) is 55.3 Å². The van der Waals surface area contributed by atoms with E-state index in [1.807, 2.05) is 35.2 Å². The summed E-state index contributed by atoms with van der Waals surface area (Å²) in [5, 5.41) is 6.24. The first-order chi connectivity index (χ1) is 19.5. The van der Waals surface area contributed by atoms with E-state index in [-0.39, 0.29) is 29.8 Å². The highest BCUT2D eigenvalue weighted by Gasteiger charge is 2.28. The van der Waals surface area contributed by atoms with Crippen LogP contribution in [0.2, 0.25) is 0 Å². The normalized spacial score (nSPS) is 22.3. The summed E-state index contributed by atoms with van der Waals surface area (Å²) in [5.41, 5.74) is 8.59. The van der Waals surface area contributed by atoms with E-state index >= 15 is 0 Å². The van der Waals surface area contributed by atoms with Gasteiger partial charge < -0.3 is 26.2 Å². The number of rotatable bonds is 6. The van der Waals surface area contributed by atoms with Gasteiger partial charge in [0.15, 0.2) is 0 Å². The van der Waals surface area contributed by atoms with E-state index in [1.54, 1.807) is 18.2 Å². The number of carbonyl (C=O) groups excluding carboxylic acids is 3. The predicted octanol–water partition coefficient (Wildman–Crippen LogP) is 4.56. The van der Waals surface area contributed by atoms with E-state index in [9.17, 15) is 14.4 Å².